The van der Waals surface area contributed by atoms with Gasteiger partial charge in [0.15, 0.2) is 11.6 Å². The Balaban J connectivity index is 1.41. The Labute approximate surface area is 230 Å². The maximum absolute atomic E-state index is 13.9. The summed E-state index contributed by atoms with van der Waals surface area (Å²) in [6.45, 7) is 1.60. The highest BCUT2D eigenvalue weighted by molar-refractivity contribution is 5.85. The normalized spacial score (nSPS) is 16.1. The van der Waals surface area contributed by atoms with Crippen molar-refractivity contribution in [3.8, 4) is 5.75 Å². The first-order valence-electron chi connectivity index (χ1n) is 13.2. The van der Waals surface area contributed by atoms with Crippen molar-refractivity contribution in [1.29, 1.82) is 0 Å². The quantitative estimate of drug-likeness (QED) is 0.237. The lowest BCUT2D eigenvalue weighted by Gasteiger charge is -2.41. The molecular formula is C29H34F3N3O5. The number of aliphatic hydroxyl groups excluding tert-OH is 2. The minimum absolute atomic E-state index is 0.0443. The van der Waals surface area contributed by atoms with Gasteiger partial charge >= 0.3 is 5.97 Å². The van der Waals surface area contributed by atoms with E-state index in [2.05, 4.69) is 15.2 Å². The molecule has 1 aliphatic heterocycles. The number of methoxy groups -OCH3 is 1. The summed E-state index contributed by atoms with van der Waals surface area (Å²) < 4.78 is 46.1. The number of anilines is 1. The Kier molecular flexibility index (Phi) is 9.49. The van der Waals surface area contributed by atoms with Crippen molar-refractivity contribution in [1.82, 2.24) is 9.88 Å². The molecule has 0 spiro atoms. The Hall–Kier alpha value is -3.41. The highest BCUT2D eigenvalue weighted by Crippen LogP contribution is 2.42. The van der Waals surface area contributed by atoms with Crippen LogP contribution < -0.4 is 10.1 Å². The zero-order chi connectivity index (χ0) is 28.9. The van der Waals surface area contributed by atoms with E-state index in [0.717, 1.165) is 6.07 Å². The topological polar surface area (TPSA) is 115 Å². The first-order chi connectivity index (χ1) is 19.1. The number of hydrogen-bond donors (Lipinski definition) is 4. The number of nitrogens with zero attached hydrogens (tertiary/aromatic N) is 2. The second-order valence-corrected chi connectivity index (χ2v) is 10.4. The fourth-order valence-corrected chi connectivity index (χ4v) is 5.59. The van der Waals surface area contributed by atoms with E-state index in [1.165, 1.54) is 13.3 Å². The summed E-state index contributed by atoms with van der Waals surface area (Å²) in [4.78, 5) is 18.2. The molecule has 2 aromatic carbocycles. The number of carboxylic acid groups (broad SMARTS) is 1. The average molecular weight is 562 g/mol. The van der Waals surface area contributed by atoms with E-state index in [9.17, 15) is 33.3 Å². The van der Waals surface area contributed by atoms with Crippen LogP contribution in [0, 0.1) is 22.9 Å². The number of aromatic nitrogens is 1. The van der Waals surface area contributed by atoms with Crippen molar-refractivity contribution < 1.29 is 38.0 Å². The van der Waals surface area contributed by atoms with Crippen LogP contribution in [0.2, 0.25) is 0 Å². The minimum Gasteiger partial charge on any atom is -0.497 e. The van der Waals surface area contributed by atoms with E-state index in [1.807, 2.05) is 0 Å². The molecule has 0 saturated carbocycles. The average Bonchev–Trinajstić information content (AvgIpc) is 2.94. The number of aliphatic carboxylic acids is 1. The third-order valence-electron chi connectivity index (χ3n) is 7.83. The van der Waals surface area contributed by atoms with Gasteiger partial charge in [-0.3, -0.25) is 9.78 Å². The maximum atomic E-state index is 13.9. The molecule has 3 aromatic rings. The molecule has 0 amide bonds. The molecule has 1 aliphatic rings. The fourth-order valence-electron chi connectivity index (χ4n) is 5.59. The van der Waals surface area contributed by atoms with Gasteiger partial charge in [-0.25, -0.2) is 13.2 Å². The smallest absolute Gasteiger partial charge is 0.303 e. The lowest BCUT2D eigenvalue weighted by molar-refractivity contribution is -0.141. The first-order valence-corrected chi connectivity index (χ1v) is 13.2. The molecule has 40 heavy (non-hydrogen) atoms. The zero-order valence-corrected chi connectivity index (χ0v) is 22.3. The Morgan fingerprint density at radius 1 is 1.20 bits per heavy atom. The third-order valence-corrected chi connectivity index (χ3v) is 7.83. The molecule has 1 fully saturated rings. The largest absolute Gasteiger partial charge is 0.497 e. The number of pyridine rings is 1. The van der Waals surface area contributed by atoms with Crippen LogP contribution in [-0.4, -0.2) is 64.5 Å². The SMILES string of the molecule is COc1ccc2ncc(CO)c(C(O)CCC3(CC(=O)O)CCN(CCNc4cc(F)cc(F)c4F)CC3)c2c1. The number of likely N-dealkylation sites (tertiary alicyclic amines) is 1. The van der Waals surface area contributed by atoms with Gasteiger partial charge in [-0.2, -0.15) is 0 Å². The number of hydrogen-bond acceptors (Lipinski definition) is 7. The van der Waals surface area contributed by atoms with Gasteiger partial charge in [-0.1, -0.05) is 0 Å². The van der Waals surface area contributed by atoms with E-state index >= 15 is 0 Å². The number of halogens is 3. The van der Waals surface area contributed by atoms with E-state index in [1.54, 1.807) is 18.2 Å². The van der Waals surface area contributed by atoms with E-state index < -0.39 is 34.9 Å². The number of nitrogens with one attached hydrogen (secondary N) is 1. The number of carboxylic acids is 1. The molecule has 0 bridgehead atoms. The first kappa shape index (κ1) is 29.6. The molecule has 8 nitrogen and oxygen atoms in total. The molecule has 216 valence electrons. The third kappa shape index (κ3) is 6.83. The van der Waals surface area contributed by atoms with Gasteiger partial charge in [-0.15, -0.1) is 0 Å². The van der Waals surface area contributed by atoms with E-state index in [0.29, 0.717) is 79.2 Å². The van der Waals surface area contributed by atoms with Crippen LogP contribution in [0.1, 0.15) is 49.3 Å². The monoisotopic (exact) mass is 561 g/mol. The standard InChI is InChI=1S/C29H34F3N3O5/c1-40-20-2-3-23-21(14-20)27(18(17-36)16-34-23)25(37)4-5-29(15-26(38)39)6-9-35(10-7-29)11-8-33-24-13-19(30)12-22(31)28(24)32/h2-3,12-14,16,25,33,36-37H,4-11,15,17H2,1H3,(H,38,39). The predicted molar refractivity (Wildman–Crippen MR) is 144 cm³/mol. The summed E-state index contributed by atoms with van der Waals surface area (Å²) in [6, 6.07) is 6.71. The molecule has 1 aromatic heterocycles. The Bertz CT molecular complexity index is 1340. The van der Waals surface area contributed by atoms with Crippen LogP contribution in [0.25, 0.3) is 10.9 Å². The molecule has 1 unspecified atom stereocenters. The summed E-state index contributed by atoms with van der Waals surface area (Å²) in [5.41, 5.74) is 0.926. The van der Waals surface area contributed by atoms with Gasteiger partial charge < -0.3 is 30.3 Å². The Morgan fingerprint density at radius 3 is 2.62 bits per heavy atom. The molecule has 11 heteroatoms. The second kappa shape index (κ2) is 12.8. The van der Waals surface area contributed by atoms with Gasteiger partial charge in [0.2, 0.25) is 0 Å². The summed E-state index contributed by atoms with van der Waals surface area (Å²) >= 11 is 0. The van der Waals surface area contributed by atoms with Crippen molar-refractivity contribution in [3.63, 3.8) is 0 Å². The van der Waals surface area contributed by atoms with Crippen molar-refractivity contribution in [2.75, 3.05) is 38.6 Å². The molecule has 4 rings (SSSR count). The van der Waals surface area contributed by atoms with Gasteiger partial charge in [0.1, 0.15) is 11.6 Å². The number of ether oxygens (including phenoxy) is 1. The van der Waals surface area contributed by atoms with Crippen molar-refractivity contribution in [3.05, 3.63) is 65.1 Å². The second-order valence-electron chi connectivity index (χ2n) is 10.4. The molecule has 1 atom stereocenters. The Morgan fingerprint density at radius 2 is 1.95 bits per heavy atom. The van der Waals surface area contributed by atoms with Crippen molar-refractivity contribution in [2.24, 2.45) is 5.41 Å². The summed E-state index contributed by atoms with van der Waals surface area (Å²) in [5.74, 6) is -3.59. The van der Waals surface area contributed by atoms with Crippen molar-refractivity contribution in [2.45, 2.75) is 44.8 Å². The zero-order valence-electron chi connectivity index (χ0n) is 22.3. The number of carbonyl (C=O) groups is 1. The van der Waals surface area contributed by atoms with Crippen molar-refractivity contribution >= 4 is 22.6 Å². The number of piperidine rings is 1. The predicted octanol–water partition coefficient (Wildman–Crippen LogP) is 4.64. The summed E-state index contributed by atoms with van der Waals surface area (Å²) in [5, 5.41) is 34.3. The van der Waals surface area contributed by atoms with Crippen LogP contribution in [0.3, 0.4) is 0 Å². The van der Waals surface area contributed by atoms with E-state index in [-0.39, 0.29) is 25.3 Å². The lowest BCUT2D eigenvalue weighted by atomic mass is 9.71. The minimum atomic E-state index is -1.26. The molecule has 0 radical (unpaired) electrons. The van der Waals surface area contributed by atoms with Gasteiger partial charge in [0.05, 0.1) is 37.4 Å². The van der Waals surface area contributed by atoms with Gasteiger partial charge in [-0.05, 0) is 68.0 Å². The van der Waals surface area contributed by atoms with Crippen LogP contribution >= 0.6 is 0 Å². The fraction of sp³-hybridized carbons (Fsp3) is 0.448. The number of aliphatic hydroxyl groups is 2. The maximum Gasteiger partial charge on any atom is 0.303 e. The number of benzene rings is 2. The highest BCUT2D eigenvalue weighted by atomic mass is 19.2. The van der Waals surface area contributed by atoms with Crippen LogP contribution in [0.15, 0.2) is 36.5 Å². The van der Waals surface area contributed by atoms with E-state index in [4.69, 9.17) is 4.74 Å². The molecule has 1 saturated heterocycles. The van der Waals surface area contributed by atoms with Gasteiger partial charge in [0.25, 0.3) is 0 Å². The molecule has 2 heterocycles. The van der Waals surface area contributed by atoms with Crippen LogP contribution in [-0.2, 0) is 11.4 Å². The number of rotatable bonds is 12. The molecular weight excluding hydrogens is 527 g/mol. The highest BCUT2D eigenvalue weighted by Gasteiger charge is 2.37. The van der Waals surface area contributed by atoms with Crippen LogP contribution in [0.5, 0.6) is 5.75 Å². The summed E-state index contributed by atoms with van der Waals surface area (Å²) in [7, 11) is 1.54. The molecule has 4 N–H and O–H groups in total. The van der Waals surface area contributed by atoms with Crippen LogP contribution in [0.4, 0.5) is 18.9 Å². The van der Waals surface area contributed by atoms with Gasteiger partial charge in [0, 0.05) is 42.4 Å². The lowest BCUT2D eigenvalue weighted by Crippen LogP contribution is -2.43. The number of fused-ring (bicyclic) bond motifs is 1. The molecule has 0 aliphatic carbocycles. The summed E-state index contributed by atoms with van der Waals surface area (Å²) in [6.07, 6.45) is 2.45.